The summed E-state index contributed by atoms with van der Waals surface area (Å²) in [4.78, 5) is 23.7. The van der Waals surface area contributed by atoms with E-state index in [-0.39, 0.29) is 65.3 Å². The number of fused-ring (bicyclic) bond motifs is 15. The number of carbonyl (C=O) groups excluding carboxylic acids is 2. The van der Waals surface area contributed by atoms with Crippen LogP contribution in [0, 0.1) is 110 Å². The van der Waals surface area contributed by atoms with Crippen LogP contribution in [0.2, 0.25) is 0 Å². The standard InChI is InChI=1S/C26H38O4.C25H34O3.C21H32O2.C5H6O2.C4H9.Li/c1-24-13-11-17(27)15-16(24)5-6-18-19-7-8-21(25(19,2)14-12-20(18)24)26(3,28)22-9-10-23(29-4)30-22;1-15(22-8-9-23(27)28-22)19-6-7-20-18-5-4-16-14-17(26)10-12-24(16,2)21(18)11-13-25(19,20)3;1-13(22)17-6-7-18-16-5-4-14-12-15(23)8-10-20(14,2)19(16)9-11-21(17,18)3;1-6-5-3-2-4-7-5;1-3-4-2;/h5,9-10,17-21,27-28H,6-8,11-15H2,1-4H3;4,8-9,17-21,26H,5-7,10-14H2,1-3H3;4,15-19,23H,5-12H2,1-3H3;2-4H,1H3;1,3-4H2,2H3;/q;;;;-1;+1/b;22-15+;;;;/t17-,18?,19?,20?,21?,24-,25-,26?;17-,18?,19?,20?,21?,24-,25+;15-,16?,17?,18?,19?,20-,21+;;;/m000.../s1. The summed E-state index contributed by atoms with van der Waals surface area (Å²) in [6.45, 7) is 26.5. The minimum absolute atomic E-state index is 0. The number of furan rings is 2. The molecular weight excluding hydrogens is 1160 g/mol. The topological polar surface area (TPSA) is 169 Å². The molecule has 12 heteroatoms. The van der Waals surface area contributed by atoms with Crippen molar-refractivity contribution in [3.05, 3.63) is 102 Å². The molecule has 2 aromatic rings. The van der Waals surface area contributed by atoms with Crippen molar-refractivity contribution < 1.29 is 71.9 Å². The Labute approximate surface area is 571 Å². The third-order valence-corrected chi connectivity index (χ3v) is 29.2. The molecule has 13 unspecified atom stereocenters. The molecule has 12 aliphatic carbocycles. The van der Waals surface area contributed by atoms with Crippen LogP contribution in [0.5, 0.6) is 11.9 Å². The number of cyclic esters (lactones) is 1. The second-order valence-electron chi connectivity index (χ2n) is 33.4. The molecule has 0 spiro atoms. The molecule has 2 aromatic heterocycles. The van der Waals surface area contributed by atoms with E-state index in [1.165, 1.54) is 94.6 Å². The minimum atomic E-state index is -0.984. The number of hydrogen-bond donors (Lipinski definition) is 4. The molecule has 0 radical (unpaired) electrons. The first-order valence-electron chi connectivity index (χ1n) is 36.7. The molecule has 93 heavy (non-hydrogen) atoms. The van der Waals surface area contributed by atoms with Crippen LogP contribution in [0.1, 0.15) is 242 Å². The van der Waals surface area contributed by atoms with Gasteiger partial charge in [-0.05, 0) is 290 Å². The summed E-state index contributed by atoms with van der Waals surface area (Å²) in [6, 6.07) is 7.21. The number of hydrogen-bond acceptors (Lipinski definition) is 11. The zero-order valence-corrected chi connectivity index (χ0v) is 59.7. The van der Waals surface area contributed by atoms with Crippen LogP contribution in [0.3, 0.4) is 0 Å². The maximum absolute atomic E-state index is 12.2. The smallest absolute Gasteiger partial charge is 0.468 e. The van der Waals surface area contributed by atoms with E-state index in [0.29, 0.717) is 63.4 Å². The van der Waals surface area contributed by atoms with Crippen LogP contribution >= 0.6 is 0 Å². The van der Waals surface area contributed by atoms with Gasteiger partial charge in [0.15, 0.2) is 0 Å². The molecule has 0 amide bonds. The van der Waals surface area contributed by atoms with Gasteiger partial charge in [0, 0.05) is 30.0 Å². The van der Waals surface area contributed by atoms with Gasteiger partial charge in [0.25, 0.3) is 11.9 Å². The fourth-order valence-electron chi connectivity index (χ4n) is 24.2. The SMILES string of the molecule is C/C(=C1/C=CC(=O)O1)C1CCC2C3CC=C4C[C@@H](O)CC[C@]4(C)C3CC[C@]12C.CC(=O)C1CCC2C3CC=C4C[C@@H](O)CC[C@]4(C)C3CC[C@]12C.COc1ccc(C(C)(O)C2CCC3C4CC=C5C[C@@H](O)CC[C@]5(C)C4CC[C@@]32C)o1.COc1ccco1.[CH2-]CCC.[Li+]. The molecule has 15 rings (SSSR count). The van der Waals surface area contributed by atoms with Crippen LogP contribution in [0.4, 0.5) is 0 Å². The maximum Gasteiger partial charge on any atom is 1.00 e. The molecule has 3 heterocycles. The van der Waals surface area contributed by atoms with Crippen molar-refractivity contribution in [3.63, 3.8) is 0 Å². The van der Waals surface area contributed by atoms with Crippen LogP contribution in [-0.4, -0.2) is 64.7 Å². The van der Waals surface area contributed by atoms with E-state index >= 15 is 0 Å². The molecular formula is C81H119LiO11. The third-order valence-electron chi connectivity index (χ3n) is 29.2. The summed E-state index contributed by atoms with van der Waals surface area (Å²) >= 11 is 0. The van der Waals surface area contributed by atoms with E-state index in [4.69, 9.17) is 18.3 Å². The first kappa shape index (κ1) is 72.2. The van der Waals surface area contributed by atoms with Gasteiger partial charge < -0.3 is 50.4 Å². The van der Waals surface area contributed by atoms with Crippen LogP contribution in [-0.2, 0) is 19.9 Å². The van der Waals surface area contributed by atoms with Crippen molar-refractivity contribution in [1.82, 2.24) is 0 Å². The number of carbonyl (C=O) groups is 2. The van der Waals surface area contributed by atoms with Crippen LogP contribution in [0.25, 0.3) is 0 Å². The molecule has 1 aliphatic heterocycles. The van der Waals surface area contributed by atoms with Crippen LogP contribution in [0.15, 0.2) is 97.8 Å². The Hall–Kier alpha value is -3.56. The maximum atomic E-state index is 12.2. The predicted molar refractivity (Wildman–Crippen MR) is 363 cm³/mol. The largest absolute Gasteiger partial charge is 1.00 e. The van der Waals surface area contributed by atoms with Crippen molar-refractivity contribution in [1.29, 1.82) is 0 Å². The molecule has 9 fully saturated rings. The summed E-state index contributed by atoms with van der Waals surface area (Å²) in [5.74, 6) is 10.3. The van der Waals surface area contributed by atoms with Crippen molar-refractivity contribution in [2.45, 2.75) is 260 Å². The van der Waals surface area contributed by atoms with E-state index in [1.807, 2.05) is 26.0 Å². The van der Waals surface area contributed by atoms with Crippen molar-refractivity contribution >= 4 is 11.8 Å². The average molecular weight is 1280 g/mol. The summed E-state index contributed by atoms with van der Waals surface area (Å²) in [7, 11) is 3.17. The zero-order valence-electron chi connectivity index (χ0n) is 59.7. The molecule has 11 nitrogen and oxygen atoms in total. The number of ketones is 1. The Morgan fingerprint density at radius 3 is 1.43 bits per heavy atom. The number of rotatable bonds is 7. The third kappa shape index (κ3) is 13.1. The van der Waals surface area contributed by atoms with E-state index < -0.39 is 5.60 Å². The van der Waals surface area contributed by atoms with Gasteiger partial charge in [0.05, 0.1) is 38.8 Å². The van der Waals surface area contributed by atoms with Gasteiger partial charge in [-0.15, -0.1) is 0 Å². The Bertz CT molecular complexity index is 3090. The molecule has 0 saturated heterocycles. The van der Waals surface area contributed by atoms with Gasteiger partial charge in [0.2, 0.25) is 0 Å². The second-order valence-corrected chi connectivity index (χ2v) is 33.4. The van der Waals surface area contributed by atoms with Gasteiger partial charge in [-0.2, -0.15) is 6.42 Å². The second kappa shape index (κ2) is 28.3. The van der Waals surface area contributed by atoms with Gasteiger partial charge in [-0.25, -0.2) is 4.79 Å². The Kier molecular flexibility index (Phi) is 22.0. The summed E-state index contributed by atoms with van der Waals surface area (Å²) in [5, 5.41) is 42.1. The number of aliphatic hydroxyl groups is 4. The van der Waals surface area contributed by atoms with Gasteiger partial charge in [-0.3, -0.25) is 4.79 Å². The molecule has 9 saturated carbocycles. The van der Waals surface area contributed by atoms with Crippen molar-refractivity contribution in [2.75, 3.05) is 14.2 Å². The zero-order chi connectivity index (χ0) is 65.9. The fourth-order valence-corrected chi connectivity index (χ4v) is 24.2. The number of ether oxygens (including phenoxy) is 3. The van der Waals surface area contributed by atoms with Crippen molar-refractivity contribution in [3.8, 4) is 11.9 Å². The molecule has 0 aromatic carbocycles. The summed E-state index contributed by atoms with van der Waals surface area (Å²) < 4.78 is 26.0. The number of aliphatic hydroxyl groups excluding tert-OH is 3. The van der Waals surface area contributed by atoms with Gasteiger partial charge in [0.1, 0.15) is 22.9 Å². The van der Waals surface area contributed by atoms with E-state index in [0.717, 1.165) is 131 Å². The first-order chi connectivity index (χ1) is 43.7. The average Bonchev–Trinajstić information content (AvgIpc) is 1.71. The summed E-state index contributed by atoms with van der Waals surface area (Å²) in [5.41, 5.74) is 6.49. The van der Waals surface area contributed by atoms with Crippen molar-refractivity contribution in [2.24, 2.45) is 104 Å². The normalized spacial score (nSPS) is 43.2. The molecule has 4 N–H and O–H groups in total. The Balaban J connectivity index is 0.000000141. The van der Waals surface area contributed by atoms with Gasteiger partial charge in [-0.1, -0.05) is 89.8 Å². The van der Waals surface area contributed by atoms with Crippen LogP contribution < -0.4 is 28.3 Å². The van der Waals surface area contributed by atoms with E-state index in [1.54, 1.807) is 55.9 Å². The quantitative estimate of drug-likeness (QED) is 0.0901. The van der Waals surface area contributed by atoms with E-state index in [9.17, 15) is 30.0 Å². The molecule has 510 valence electrons. The van der Waals surface area contributed by atoms with Gasteiger partial charge >= 0.3 is 24.8 Å². The number of methoxy groups -OCH3 is 2. The number of allylic oxidation sites excluding steroid dienone is 5. The van der Waals surface area contributed by atoms with E-state index in [2.05, 4.69) is 85.3 Å². The summed E-state index contributed by atoms with van der Waals surface area (Å²) in [6.07, 6.45) is 41.5. The first-order valence-corrected chi connectivity index (χ1v) is 36.7. The fraction of sp³-hybridized carbons (Fsp3) is 0.741. The Morgan fingerprint density at radius 1 is 0.591 bits per heavy atom. The Morgan fingerprint density at radius 2 is 1.03 bits per heavy atom. The number of esters is 1. The molecule has 0 bridgehead atoms. The number of unbranched alkanes of at least 4 members (excludes halogenated alkanes) is 1. The molecule has 13 aliphatic rings. The minimum Gasteiger partial charge on any atom is -0.468 e. The molecule has 22 atom stereocenters. The monoisotopic (exact) mass is 1270 g/mol. The number of Topliss-reactive ketones (excluding diaryl/α,β-unsaturated/α-hetero) is 1. The predicted octanol–water partition coefficient (Wildman–Crippen LogP) is 15.2.